The summed E-state index contributed by atoms with van der Waals surface area (Å²) in [6, 6.07) is 0. The third-order valence-corrected chi connectivity index (χ3v) is 4.89. The number of fused-ring (bicyclic) bond motifs is 1. The lowest BCUT2D eigenvalue weighted by atomic mass is 9.85. The molecule has 0 spiro atoms. The van der Waals surface area contributed by atoms with E-state index >= 15 is 0 Å². The van der Waals surface area contributed by atoms with E-state index in [9.17, 15) is 19.8 Å². The number of rotatable bonds is 4. The number of aliphatic carboxylic acids is 2. The highest BCUT2D eigenvalue weighted by molar-refractivity contribution is 9.10. The number of aryl methyl sites for hydroxylation is 1. The minimum absolute atomic E-state index is 0.00572. The van der Waals surface area contributed by atoms with Gasteiger partial charge in [-0.15, -0.1) is 0 Å². The van der Waals surface area contributed by atoms with E-state index in [1.54, 1.807) is 0 Å². The fraction of sp³-hybridized carbons (Fsp3) is 0.500. The Morgan fingerprint density at radius 3 is 2.25 bits per heavy atom. The largest absolute Gasteiger partial charge is 0.480 e. The van der Waals surface area contributed by atoms with Gasteiger partial charge in [0.2, 0.25) is 0 Å². The molecule has 0 fully saturated rings. The van der Waals surface area contributed by atoms with Crippen LogP contribution < -0.4 is 0 Å². The molecule has 0 aliphatic heterocycles. The van der Waals surface area contributed by atoms with Crippen LogP contribution in [0.15, 0.2) is 4.47 Å². The third-order valence-electron chi connectivity index (χ3n) is 3.96. The predicted octanol–water partition coefficient (Wildman–Crippen LogP) is 2.22. The van der Waals surface area contributed by atoms with Crippen molar-refractivity contribution < 1.29 is 19.8 Å². The number of carbonyl (C=O) groups is 2. The fourth-order valence-electron chi connectivity index (χ4n) is 2.76. The van der Waals surface area contributed by atoms with Crippen molar-refractivity contribution in [1.82, 2.24) is 4.98 Å². The molecule has 1 aliphatic rings. The van der Waals surface area contributed by atoms with E-state index in [4.69, 9.17) is 0 Å². The second-order valence-electron chi connectivity index (χ2n) is 5.03. The van der Waals surface area contributed by atoms with Gasteiger partial charge in [-0.2, -0.15) is 0 Å². The monoisotopic (exact) mass is 341 g/mol. The van der Waals surface area contributed by atoms with E-state index in [-0.39, 0.29) is 12.8 Å². The van der Waals surface area contributed by atoms with Crippen LogP contribution in [0.1, 0.15) is 36.4 Å². The first kappa shape index (κ1) is 15.0. The third kappa shape index (κ3) is 2.02. The lowest BCUT2D eigenvalue weighted by molar-refractivity contribution is -0.163. The summed E-state index contributed by atoms with van der Waals surface area (Å²) in [6.45, 7) is 3.94. The van der Waals surface area contributed by atoms with E-state index in [0.717, 1.165) is 21.3 Å². The first-order chi connectivity index (χ1) is 9.37. The minimum Gasteiger partial charge on any atom is -0.480 e. The summed E-state index contributed by atoms with van der Waals surface area (Å²) in [6.07, 6.45) is 1.40. The summed E-state index contributed by atoms with van der Waals surface area (Å²) in [7, 11) is 0. The molecule has 0 aromatic carbocycles. The topological polar surface area (TPSA) is 87.5 Å². The van der Waals surface area contributed by atoms with Gasteiger partial charge in [-0.05, 0) is 39.9 Å². The number of pyridine rings is 1. The van der Waals surface area contributed by atoms with E-state index in [0.29, 0.717) is 18.5 Å². The molecule has 0 bridgehead atoms. The summed E-state index contributed by atoms with van der Waals surface area (Å²) in [5.41, 5.74) is 1.46. The summed E-state index contributed by atoms with van der Waals surface area (Å²) in [4.78, 5) is 27.4. The number of carboxylic acids is 2. The molecule has 0 saturated heterocycles. The molecule has 1 aromatic rings. The van der Waals surface area contributed by atoms with Gasteiger partial charge in [0.1, 0.15) is 0 Å². The highest BCUT2D eigenvalue weighted by Crippen LogP contribution is 2.41. The van der Waals surface area contributed by atoms with Crippen LogP contribution in [0.5, 0.6) is 0 Å². The number of hydrogen-bond acceptors (Lipinski definition) is 3. The van der Waals surface area contributed by atoms with Gasteiger partial charge in [0.05, 0.1) is 5.69 Å². The van der Waals surface area contributed by atoms with Crippen molar-refractivity contribution in [3.05, 3.63) is 27.0 Å². The zero-order valence-electron chi connectivity index (χ0n) is 11.4. The van der Waals surface area contributed by atoms with Crippen molar-refractivity contribution in [1.29, 1.82) is 0 Å². The number of aromatic nitrogens is 1. The number of halogens is 1. The maximum atomic E-state index is 11.5. The van der Waals surface area contributed by atoms with Gasteiger partial charge >= 0.3 is 11.9 Å². The van der Waals surface area contributed by atoms with Crippen molar-refractivity contribution in [2.24, 2.45) is 5.41 Å². The molecule has 0 unspecified atom stereocenters. The Morgan fingerprint density at radius 1 is 1.20 bits per heavy atom. The molecular formula is C14H16BrNO4. The summed E-state index contributed by atoms with van der Waals surface area (Å²) >= 11 is 3.51. The van der Waals surface area contributed by atoms with Crippen LogP contribution in [0.4, 0.5) is 0 Å². The van der Waals surface area contributed by atoms with Crippen LogP contribution in [0.25, 0.3) is 0 Å². The van der Waals surface area contributed by atoms with Gasteiger partial charge in [-0.25, -0.2) is 0 Å². The van der Waals surface area contributed by atoms with E-state index in [2.05, 4.69) is 20.9 Å². The molecule has 1 aromatic heterocycles. The molecule has 2 N–H and O–H groups in total. The predicted molar refractivity (Wildman–Crippen MR) is 75.8 cm³/mol. The van der Waals surface area contributed by atoms with Crippen LogP contribution in [0, 0.1) is 5.41 Å². The standard InChI is InChI=1S/C14H16BrNO4/c1-3-7-8-5-14(12(17)18,13(19)20)6-10(8)16-9(4-2)11(7)15/h3-6H2,1-2H3,(H,17,18)(H,19,20). The summed E-state index contributed by atoms with van der Waals surface area (Å²) in [5, 5.41) is 18.7. The molecule has 0 atom stereocenters. The van der Waals surface area contributed by atoms with Crippen LogP contribution >= 0.6 is 15.9 Å². The zero-order chi connectivity index (χ0) is 15.1. The maximum Gasteiger partial charge on any atom is 0.321 e. The highest BCUT2D eigenvalue weighted by atomic mass is 79.9. The molecular weight excluding hydrogens is 326 g/mol. The Morgan fingerprint density at radius 2 is 1.80 bits per heavy atom. The van der Waals surface area contributed by atoms with Gasteiger partial charge < -0.3 is 10.2 Å². The van der Waals surface area contributed by atoms with Crippen LogP contribution in [0.3, 0.4) is 0 Å². The minimum atomic E-state index is -1.77. The Kier molecular flexibility index (Phi) is 3.86. The highest BCUT2D eigenvalue weighted by Gasteiger charge is 2.52. The number of carboxylic acid groups (broad SMARTS) is 2. The van der Waals surface area contributed by atoms with Crippen molar-refractivity contribution in [3.8, 4) is 0 Å². The molecule has 0 radical (unpaired) electrons. The lowest BCUT2D eigenvalue weighted by Gasteiger charge is -2.17. The first-order valence-corrected chi connectivity index (χ1v) is 7.32. The van der Waals surface area contributed by atoms with Gasteiger partial charge in [0, 0.05) is 23.0 Å². The summed E-state index contributed by atoms with van der Waals surface area (Å²) < 4.78 is 0.882. The van der Waals surface area contributed by atoms with Gasteiger partial charge in [-0.3, -0.25) is 14.6 Å². The first-order valence-electron chi connectivity index (χ1n) is 6.53. The molecule has 1 heterocycles. The Hall–Kier alpha value is -1.43. The smallest absolute Gasteiger partial charge is 0.321 e. The van der Waals surface area contributed by atoms with Gasteiger partial charge in [-0.1, -0.05) is 13.8 Å². The molecule has 5 nitrogen and oxygen atoms in total. The maximum absolute atomic E-state index is 11.5. The van der Waals surface area contributed by atoms with Crippen molar-refractivity contribution in [2.75, 3.05) is 0 Å². The van der Waals surface area contributed by atoms with E-state index in [1.165, 1.54) is 0 Å². The van der Waals surface area contributed by atoms with E-state index < -0.39 is 17.4 Å². The Balaban J connectivity index is 2.62. The normalized spacial score (nSPS) is 15.9. The molecule has 2 rings (SSSR count). The SMILES string of the molecule is CCc1nc2c(c(CC)c1Br)CC(C(=O)O)(C(=O)O)C2. The Bertz CT molecular complexity index is 583. The van der Waals surface area contributed by atoms with Crippen LogP contribution in [-0.4, -0.2) is 27.1 Å². The second kappa shape index (κ2) is 5.16. The number of hydrogen-bond donors (Lipinski definition) is 2. The number of nitrogens with zero attached hydrogens (tertiary/aromatic N) is 1. The average Bonchev–Trinajstić information content (AvgIpc) is 2.78. The quantitative estimate of drug-likeness (QED) is 0.820. The second-order valence-corrected chi connectivity index (χ2v) is 5.82. The van der Waals surface area contributed by atoms with Crippen LogP contribution in [-0.2, 0) is 35.3 Å². The molecule has 20 heavy (non-hydrogen) atoms. The zero-order valence-corrected chi connectivity index (χ0v) is 13.0. The van der Waals surface area contributed by atoms with Crippen molar-refractivity contribution >= 4 is 27.9 Å². The van der Waals surface area contributed by atoms with Gasteiger partial charge in [0.15, 0.2) is 5.41 Å². The van der Waals surface area contributed by atoms with Crippen molar-refractivity contribution in [3.63, 3.8) is 0 Å². The van der Waals surface area contributed by atoms with Crippen molar-refractivity contribution in [2.45, 2.75) is 39.5 Å². The molecule has 6 heteroatoms. The molecule has 1 aliphatic carbocycles. The Labute approximate surface area is 125 Å². The summed E-state index contributed by atoms with van der Waals surface area (Å²) in [5.74, 6) is -2.58. The molecule has 0 saturated carbocycles. The average molecular weight is 342 g/mol. The van der Waals surface area contributed by atoms with Crippen LogP contribution in [0.2, 0.25) is 0 Å². The fourth-order valence-corrected chi connectivity index (χ4v) is 3.65. The molecule has 0 amide bonds. The van der Waals surface area contributed by atoms with Gasteiger partial charge in [0.25, 0.3) is 0 Å². The molecule has 108 valence electrons. The lowest BCUT2D eigenvalue weighted by Crippen LogP contribution is -2.40. The van der Waals surface area contributed by atoms with E-state index in [1.807, 2.05) is 13.8 Å².